The minimum atomic E-state index is -3.64. The van der Waals surface area contributed by atoms with Crippen molar-refractivity contribution in [3.8, 4) is 0 Å². The lowest BCUT2D eigenvalue weighted by Crippen LogP contribution is -2.30. The molecular formula is C19H22N2O5S. The van der Waals surface area contributed by atoms with Crippen LogP contribution in [0.5, 0.6) is 0 Å². The molecule has 2 amide bonds. The molecule has 0 aromatic heterocycles. The Bertz CT molecular complexity index is 865. The van der Waals surface area contributed by atoms with E-state index in [1.807, 2.05) is 6.07 Å². The van der Waals surface area contributed by atoms with Gasteiger partial charge in [-0.05, 0) is 43.2 Å². The number of carbonyl (C=O) groups excluding carboxylic acids is 2. The number of hydrogen-bond acceptors (Lipinski definition) is 5. The zero-order chi connectivity index (χ0) is 19.7. The zero-order valence-electron chi connectivity index (χ0n) is 15.0. The van der Waals surface area contributed by atoms with E-state index >= 15 is 0 Å². The van der Waals surface area contributed by atoms with Gasteiger partial charge in [-0.15, -0.1) is 0 Å². The number of hydrogen-bond donors (Lipinski definition) is 2. The standard InChI is InChI=1S/C19H22N2O5S/c1-2-26-19(23)21-14-27(24,25)17-10-8-15(9-11-17)12-13-20-18(22)16-6-4-3-5-7-16/h3-11H,2,12-14H2,1H3,(H,20,22)(H,21,23). The van der Waals surface area contributed by atoms with Crippen molar-refractivity contribution in [1.29, 1.82) is 0 Å². The Morgan fingerprint density at radius 1 is 0.963 bits per heavy atom. The third-order valence-corrected chi connectivity index (χ3v) is 5.21. The van der Waals surface area contributed by atoms with E-state index in [0.717, 1.165) is 5.56 Å². The van der Waals surface area contributed by atoms with Crippen LogP contribution in [0.4, 0.5) is 4.79 Å². The van der Waals surface area contributed by atoms with E-state index in [-0.39, 0.29) is 17.4 Å². The van der Waals surface area contributed by atoms with Gasteiger partial charge in [0, 0.05) is 12.1 Å². The summed E-state index contributed by atoms with van der Waals surface area (Å²) < 4.78 is 29.0. The minimum absolute atomic E-state index is 0.108. The summed E-state index contributed by atoms with van der Waals surface area (Å²) in [7, 11) is -3.64. The Labute approximate surface area is 158 Å². The Morgan fingerprint density at radius 3 is 2.26 bits per heavy atom. The fraction of sp³-hybridized carbons (Fsp3) is 0.263. The van der Waals surface area contributed by atoms with Crippen molar-refractivity contribution in [1.82, 2.24) is 10.6 Å². The van der Waals surface area contributed by atoms with Gasteiger partial charge in [0.1, 0.15) is 5.88 Å². The maximum Gasteiger partial charge on any atom is 0.407 e. The van der Waals surface area contributed by atoms with Crippen molar-refractivity contribution >= 4 is 21.8 Å². The normalized spacial score (nSPS) is 10.9. The third kappa shape index (κ3) is 6.41. The Kier molecular flexibility index (Phi) is 7.36. The molecule has 0 unspecified atom stereocenters. The molecule has 0 heterocycles. The van der Waals surface area contributed by atoms with Gasteiger partial charge in [0.05, 0.1) is 11.5 Å². The second-order valence-corrected chi connectivity index (χ2v) is 7.66. The number of carbonyl (C=O) groups is 2. The van der Waals surface area contributed by atoms with Gasteiger partial charge in [-0.1, -0.05) is 30.3 Å². The molecule has 0 aliphatic heterocycles. The molecule has 0 spiro atoms. The summed E-state index contributed by atoms with van der Waals surface area (Å²) in [4.78, 5) is 23.3. The third-order valence-electron chi connectivity index (χ3n) is 3.70. The molecule has 2 aromatic carbocycles. The van der Waals surface area contributed by atoms with E-state index in [2.05, 4.69) is 15.4 Å². The zero-order valence-corrected chi connectivity index (χ0v) is 15.8. The maximum atomic E-state index is 12.2. The lowest BCUT2D eigenvalue weighted by Gasteiger charge is -2.08. The largest absolute Gasteiger partial charge is 0.450 e. The van der Waals surface area contributed by atoms with Gasteiger partial charge in [0.15, 0.2) is 9.84 Å². The highest BCUT2D eigenvalue weighted by Gasteiger charge is 2.16. The Morgan fingerprint density at radius 2 is 1.63 bits per heavy atom. The van der Waals surface area contributed by atoms with Gasteiger partial charge >= 0.3 is 6.09 Å². The topological polar surface area (TPSA) is 102 Å². The first-order valence-electron chi connectivity index (χ1n) is 8.48. The van der Waals surface area contributed by atoms with E-state index in [9.17, 15) is 18.0 Å². The van der Waals surface area contributed by atoms with Crippen LogP contribution < -0.4 is 10.6 Å². The molecule has 27 heavy (non-hydrogen) atoms. The molecule has 0 fully saturated rings. The number of ether oxygens (including phenoxy) is 1. The lowest BCUT2D eigenvalue weighted by atomic mass is 10.1. The summed E-state index contributed by atoms with van der Waals surface area (Å²) in [6.45, 7) is 2.24. The fourth-order valence-electron chi connectivity index (χ4n) is 2.29. The lowest BCUT2D eigenvalue weighted by molar-refractivity contribution is 0.0954. The average Bonchev–Trinajstić information content (AvgIpc) is 2.68. The Hall–Kier alpha value is -2.87. The number of sulfone groups is 1. The summed E-state index contributed by atoms with van der Waals surface area (Å²) in [5.41, 5.74) is 1.48. The monoisotopic (exact) mass is 390 g/mol. The van der Waals surface area contributed by atoms with Crippen LogP contribution in [-0.4, -0.2) is 39.4 Å². The molecule has 0 saturated carbocycles. The van der Waals surface area contributed by atoms with Crippen molar-refractivity contribution in [3.63, 3.8) is 0 Å². The molecule has 7 nitrogen and oxygen atoms in total. The van der Waals surface area contributed by atoms with Crippen LogP contribution >= 0.6 is 0 Å². The highest BCUT2D eigenvalue weighted by atomic mass is 32.2. The Balaban J connectivity index is 1.85. The number of amides is 2. The summed E-state index contributed by atoms with van der Waals surface area (Å²) in [5, 5.41) is 5.02. The van der Waals surface area contributed by atoms with Crippen LogP contribution in [0.15, 0.2) is 59.5 Å². The van der Waals surface area contributed by atoms with Crippen LogP contribution in [-0.2, 0) is 21.0 Å². The molecule has 8 heteroatoms. The molecule has 0 bridgehead atoms. The number of benzene rings is 2. The average molecular weight is 390 g/mol. The van der Waals surface area contributed by atoms with Crippen molar-refractivity contribution in [2.75, 3.05) is 19.0 Å². The van der Waals surface area contributed by atoms with Gasteiger partial charge in [-0.2, -0.15) is 0 Å². The molecular weight excluding hydrogens is 368 g/mol. The van der Waals surface area contributed by atoms with Crippen LogP contribution in [0.1, 0.15) is 22.8 Å². The van der Waals surface area contributed by atoms with E-state index in [1.165, 1.54) is 12.1 Å². The van der Waals surface area contributed by atoms with Crippen LogP contribution in [0, 0.1) is 0 Å². The summed E-state index contributed by atoms with van der Waals surface area (Å²) in [5.74, 6) is -0.682. The maximum absolute atomic E-state index is 12.2. The molecule has 0 aliphatic carbocycles. The van der Waals surface area contributed by atoms with Crippen LogP contribution in [0.2, 0.25) is 0 Å². The smallest absolute Gasteiger partial charge is 0.407 e. The predicted molar refractivity (Wildman–Crippen MR) is 101 cm³/mol. The molecule has 2 N–H and O–H groups in total. The van der Waals surface area contributed by atoms with Gasteiger partial charge in [0.2, 0.25) is 0 Å². The highest BCUT2D eigenvalue weighted by molar-refractivity contribution is 7.91. The first-order valence-corrected chi connectivity index (χ1v) is 10.1. The van der Waals surface area contributed by atoms with Gasteiger partial charge in [-0.25, -0.2) is 13.2 Å². The molecule has 0 atom stereocenters. The van der Waals surface area contributed by atoms with E-state index in [0.29, 0.717) is 18.5 Å². The number of rotatable bonds is 8. The van der Waals surface area contributed by atoms with E-state index in [4.69, 9.17) is 0 Å². The van der Waals surface area contributed by atoms with Gasteiger partial charge < -0.3 is 15.4 Å². The highest BCUT2D eigenvalue weighted by Crippen LogP contribution is 2.12. The second kappa shape index (κ2) is 9.72. The molecule has 144 valence electrons. The van der Waals surface area contributed by atoms with Crippen molar-refractivity contribution in [2.45, 2.75) is 18.2 Å². The summed E-state index contributed by atoms with van der Waals surface area (Å²) in [6, 6.07) is 15.2. The van der Waals surface area contributed by atoms with E-state index < -0.39 is 21.8 Å². The van der Waals surface area contributed by atoms with Gasteiger partial charge in [0.25, 0.3) is 5.91 Å². The molecule has 0 radical (unpaired) electrons. The minimum Gasteiger partial charge on any atom is -0.450 e. The van der Waals surface area contributed by atoms with Crippen molar-refractivity contribution in [2.24, 2.45) is 0 Å². The van der Waals surface area contributed by atoms with Crippen molar-refractivity contribution < 1.29 is 22.7 Å². The summed E-state index contributed by atoms with van der Waals surface area (Å²) >= 11 is 0. The van der Waals surface area contributed by atoms with E-state index in [1.54, 1.807) is 43.3 Å². The first kappa shape index (κ1) is 20.4. The molecule has 2 aromatic rings. The number of alkyl carbamates (subject to hydrolysis) is 1. The number of nitrogens with one attached hydrogen (secondary N) is 2. The van der Waals surface area contributed by atoms with Gasteiger partial charge in [-0.3, -0.25) is 4.79 Å². The molecule has 0 aliphatic rings. The summed E-state index contributed by atoms with van der Waals surface area (Å²) in [6.07, 6.45) is -0.202. The molecule has 2 rings (SSSR count). The van der Waals surface area contributed by atoms with Crippen LogP contribution in [0.3, 0.4) is 0 Å². The predicted octanol–water partition coefficient (Wildman–Crippen LogP) is 2.14. The SMILES string of the molecule is CCOC(=O)NCS(=O)(=O)c1ccc(CCNC(=O)c2ccccc2)cc1. The second-order valence-electron chi connectivity index (χ2n) is 5.67. The molecule has 0 saturated heterocycles. The van der Waals surface area contributed by atoms with Crippen molar-refractivity contribution in [3.05, 3.63) is 65.7 Å². The quantitative estimate of drug-likeness (QED) is 0.719. The van der Waals surface area contributed by atoms with Crippen LogP contribution in [0.25, 0.3) is 0 Å². The first-order chi connectivity index (χ1) is 12.9. The fourth-order valence-corrected chi connectivity index (χ4v) is 3.32.